The highest BCUT2D eigenvalue weighted by Gasteiger charge is 2.25. The third kappa shape index (κ3) is 1.78. The quantitative estimate of drug-likeness (QED) is 0.799. The van der Waals surface area contributed by atoms with Gasteiger partial charge in [0.15, 0.2) is 0 Å². The number of carbonyl (C=O) groups is 1. The fourth-order valence-corrected chi connectivity index (χ4v) is 2.56. The zero-order valence-corrected chi connectivity index (χ0v) is 10.4. The van der Waals surface area contributed by atoms with Gasteiger partial charge in [-0.25, -0.2) is 0 Å². The minimum absolute atomic E-state index is 0.122. The molecule has 2 heterocycles. The molecule has 0 saturated carbocycles. The Morgan fingerprint density at radius 1 is 1.39 bits per heavy atom. The predicted octanol–water partition coefficient (Wildman–Crippen LogP) is 1.60. The summed E-state index contributed by atoms with van der Waals surface area (Å²) in [5.41, 5.74) is 1.71. The molecule has 1 atom stereocenters. The van der Waals surface area contributed by atoms with E-state index in [0.717, 1.165) is 36.1 Å². The lowest BCUT2D eigenvalue weighted by molar-refractivity contribution is 0.0657. The van der Waals surface area contributed by atoms with Gasteiger partial charge >= 0.3 is 0 Å². The van der Waals surface area contributed by atoms with Crippen LogP contribution in [0.5, 0.6) is 0 Å². The van der Waals surface area contributed by atoms with Crippen LogP contribution in [0.4, 0.5) is 0 Å². The number of aromatic amines is 1. The maximum atomic E-state index is 12.6. The molecule has 94 valence electrons. The summed E-state index contributed by atoms with van der Waals surface area (Å²) in [4.78, 5) is 17.7. The fourth-order valence-electron chi connectivity index (χ4n) is 2.56. The number of carbonyl (C=O) groups excluding carboxylic acids is 1. The van der Waals surface area contributed by atoms with Gasteiger partial charge in [0.2, 0.25) is 0 Å². The summed E-state index contributed by atoms with van der Waals surface area (Å²) in [5.74, 6) is 0.122. The molecule has 4 heteroatoms. The average Bonchev–Trinajstić information content (AvgIpc) is 2.86. The highest BCUT2D eigenvalue weighted by Crippen LogP contribution is 2.19. The number of aromatic nitrogens is 1. The predicted molar refractivity (Wildman–Crippen MR) is 71.7 cm³/mol. The molecular formula is C14H17N3O. The van der Waals surface area contributed by atoms with E-state index in [0.29, 0.717) is 0 Å². The highest BCUT2D eigenvalue weighted by molar-refractivity contribution is 6.05. The Hall–Kier alpha value is -1.81. The van der Waals surface area contributed by atoms with Gasteiger partial charge in [-0.15, -0.1) is 0 Å². The van der Waals surface area contributed by atoms with E-state index in [1.54, 1.807) is 0 Å². The van der Waals surface area contributed by atoms with Crippen LogP contribution in [0.25, 0.3) is 10.9 Å². The van der Waals surface area contributed by atoms with Crippen molar-refractivity contribution in [3.8, 4) is 0 Å². The average molecular weight is 243 g/mol. The van der Waals surface area contributed by atoms with Crippen LogP contribution >= 0.6 is 0 Å². The van der Waals surface area contributed by atoms with E-state index in [9.17, 15) is 4.79 Å². The molecule has 0 aliphatic carbocycles. The van der Waals surface area contributed by atoms with Crippen molar-refractivity contribution in [1.82, 2.24) is 15.2 Å². The minimum Gasteiger partial charge on any atom is -0.361 e. The number of hydrogen-bond acceptors (Lipinski definition) is 2. The lowest BCUT2D eigenvalue weighted by Gasteiger charge is -2.34. The third-order valence-corrected chi connectivity index (χ3v) is 3.58. The number of H-pyrrole nitrogens is 1. The van der Waals surface area contributed by atoms with E-state index in [2.05, 4.69) is 17.2 Å². The van der Waals surface area contributed by atoms with Crippen LogP contribution < -0.4 is 5.32 Å². The Balaban J connectivity index is 1.98. The molecule has 0 radical (unpaired) electrons. The number of rotatable bonds is 1. The fraction of sp³-hybridized carbons (Fsp3) is 0.357. The number of amides is 1. The largest absolute Gasteiger partial charge is 0.361 e. The van der Waals surface area contributed by atoms with Gasteiger partial charge in [-0.1, -0.05) is 12.1 Å². The molecule has 1 aromatic carbocycles. The minimum atomic E-state index is 0.122. The van der Waals surface area contributed by atoms with Crippen LogP contribution in [-0.2, 0) is 0 Å². The van der Waals surface area contributed by atoms with Crippen molar-refractivity contribution in [3.05, 3.63) is 36.0 Å². The van der Waals surface area contributed by atoms with Crippen LogP contribution in [0.1, 0.15) is 17.3 Å². The van der Waals surface area contributed by atoms with E-state index in [1.165, 1.54) is 0 Å². The molecule has 0 bridgehead atoms. The maximum Gasteiger partial charge on any atom is 0.256 e. The van der Waals surface area contributed by atoms with E-state index < -0.39 is 0 Å². The molecule has 1 fully saturated rings. The van der Waals surface area contributed by atoms with Crippen LogP contribution in [-0.4, -0.2) is 41.5 Å². The van der Waals surface area contributed by atoms with Crippen molar-refractivity contribution in [2.75, 3.05) is 19.6 Å². The van der Waals surface area contributed by atoms with E-state index >= 15 is 0 Å². The Labute approximate surface area is 106 Å². The van der Waals surface area contributed by atoms with Gasteiger partial charge < -0.3 is 15.2 Å². The van der Waals surface area contributed by atoms with Gasteiger partial charge in [0.25, 0.3) is 5.91 Å². The molecule has 4 nitrogen and oxygen atoms in total. The summed E-state index contributed by atoms with van der Waals surface area (Å²) in [5, 5.41) is 4.39. The van der Waals surface area contributed by atoms with Gasteiger partial charge in [-0.3, -0.25) is 4.79 Å². The molecule has 1 aromatic heterocycles. The zero-order chi connectivity index (χ0) is 12.5. The van der Waals surface area contributed by atoms with Crippen molar-refractivity contribution >= 4 is 16.8 Å². The number of benzene rings is 1. The molecular weight excluding hydrogens is 226 g/mol. The number of piperazine rings is 1. The van der Waals surface area contributed by atoms with Crippen molar-refractivity contribution in [3.63, 3.8) is 0 Å². The standard InChI is InChI=1S/C14H17N3O/c1-10-9-15-7-8-17(10)14(18)12-4-2-3-11-5-6-16-13(11)12/h2-6,10,15-16H,7-9H2,1H3/t10-/m1/s1. The first kappa shape index (κ1) is 11.3. The lowest BCUT2D eigenvalue weighted by atomic mass is 10.1. The SMILES string of the molecule is C[C@@H]1CNCCN1C(=O)c1cccc2cc[nH]c12. The lowest BCUT2D eigenvalue weighted by Crippen LogP contribution is -2.52. The molecule has 1 saturated heterocycles. The van der Waals surface area contributed by atoms with Crippen molar-refractivity contribution in [2.24, 2.45) is 0 Å². The molecule has 2 aromatic rings. The molecule has 1 aliphatic rings. The first-order chi connectivity index (χ1) is 8.77. The Kier molecular flexibility index (Phi) is 2.80. The molecule has 18 heavy (non-hydrogen) atoms. The van der Waals surface area contributed by atoms with Gasteiger partial charge in [-0.05, 0) is 19.1 Å². The van der Waals surface area contributed by atoms with Gasteiger partial charge in [0, 0.05) is 37.3 Å². The summed E-state index contributed by atoms with van der Waals surface area (Å²) in [6.07, 6.45) is 1.88. The van der Waals surface area contributed by atoms with Crippen molar-refractivity contribution in [2.45, 2.75) is 13.0 Å². The summed E-state index contributed by atoms with van der Waals surface area (Å²) >= 11 is 0. The van der Waals surface area contributed by atoms with Crippen LogP contribution in [0, 0.1) is 0 Å². The Bertz CT molecular complexity index is 575. The van der Waals surface area contributed by atoms with Gasteiger partial charge in [0.1, 0.15) is 0 Å². The second kappa shape index (κ2) is 4.46. The topological polar surface area (TPSA) is 48.1 Å². The second-order valence-electron chi connectivity index (χ2n) is 4.80. The number of hydrogen-bond donors (Lipinski definition) is 2. The monoisotopic (exact) mass is 243 g/mol. The highest BCUT2D eigenvalue weighted by atomic mass is 16.2. The van der Waals surface area contributed by atoms with E-state index in [4.69, 9.17) is 0 Å². The number of fused-ring (bicyclic) bond motifs is 1. The third-order valence-electron chi connectivity index (χ3n) is 3.58. The maximum absolute atomic E-state index is 12.6. The van der Waals surface area contributed by atoms with Crippen LogP contribution in [0.15, 0.2) is 30.5 Å². The second-order valence-corrected chi connectivity index (χ2v) is 4.80. The smallest absolute Gasteiger partial charge is 0.256 e. The Morgan fingerprint density at radius 2 is 2.28 bits per heavy atom. The number of nitrogens with zero attached hydrogens (tertiary/aromatic N) is 1. The number of para-hydroxylation sites is 1. The van der Waals surface area contributed by atoms with Crippen LogP contribution in [0.2, 0.25) is 0 Å². The first-order valence-electron chi connectivity index (χ1n) is 6.35. The Morgan fingerprint density at radius 3 is 3.11 bits per heavy atom. The normalized spacial score (nSPS) is 20.3. The van der Waals surface area contributed by atoms with E-state index in [-0.39, 0.29) is 11.9 Å². The van der Waals surface area contributed by atoms with Crippen LogP contribution in [0.3, 0.4) is 0 Å². The van der Waals surface area contributed by atoms with Crippen molar-refractivity contribution in [1.29, 1.82) is 0 Å². The molecule has 1 aliphatic heterocycles. The molecule has 0 unspecified atom stereocenters. The van der Waals surface area contributed by atoms with Gasteiger partial charge in [0.05, 0.1) is 11.1 Å². The summed E-state index contributed by atoms with van der Waals surface area (Å²) in [6, 6.07) is 8.10. The molecule has 2 N–H and O–H groups in total. The summed E-state index contributed by atoms with van der Waals surface area (Å²) in [7, 11) is 0. The first-order valence-corrected chi connectivity index (χ1v) is 6.35. The molecule has 0 spiro atoms. The number of nitrogens with one attached hydrogen (secondary N) is 2. The van der Waals surface area contributed by atoms with Gasteiger partial charge in [-0.2, -0.15) is 0 Å². The van der Waals surface area contributed by atoms with Crippen molar-refractivity contribution < 1.29 is 4.79 Å². The molecule has 3 rings (SSSR count). The summed E-state index contributed by atoms with van der Waals surface area (Å²) in [6.45, 7) is 4.60. The molecule has 1 amide bonds. The zero-order valence-electron chi connectivity index (χ0n) is 10.4. The summed E-state index contributed by atoms with van der Waals surface area (Å²) < 4.78 is 0. The van der Waals surface area contributed by atoms with E-state index in [1.807, 2.05) is 35.4 Å².